The number of aromatic amines is 1. The summed E-state index contributed by atoms with van der Waals surface area (Å²) in [6.45, 7) is 7.53. The van der Waals surface area contributed by atoms with Crippen molar-refractivity contribution in [3.63, 3.8) is 0 Å². The minimum absolute atomic E-state index is 0.0916. The number of carbonyl (C=O) groups is 1. The highest BCUT2D eigenvalue weighted by atomic mass is 16.2. The molecule has 1 N–H and O–H groups in total. The maximum atomic E-state index is 12.8. The van der Waals surface area contributed by atoms with Crippen LogP contribution in [0.2, 0.25) is 0 Å². The zero-order valence-corrected chi connectivity index (χ0v) is 15.5. The first-order valence-corrected chi connectivity index (χ1v) is 9.20. The van der Waals surface area contributed by atoms with Crippen molar-refractivity contribution in [2.45, 2.75) is 39.5 Å². The minimum atomic E-state index is 0.0916. The second-order valence-electron chi connectivity index (χ2n) is 7.30. The number of rotatable bonds is 2. The van der Waals surface area contributed by atoms with Crippen LogP contribution in [0.25, 0.3) is 11.0 Å². The third-order valence-corrected chi connectivity index (χ3v) is 5.38. The predicted octanol–water partition coefficient (Wildman–Crippen LogP) is 3.90. The molecule has 2 aromatic heterocycles. The zero-order chi connectivity index (χ0) is 18.3. The molecule has 1 aliphatic heterocycles. The molecule has 5 heteroatoms. The number of aromatic nitrogens is 3. The van der Waals surface area contributed by atoms with Crippen molar-refractivity contribution >= 4 is 16.9 Å². The van der Waals surface area contributed by atoms with Crippen molar-refractivity contribution in [3.8, 4) is 0 Å². The van der Waals surface area contributed by atoms with Gasteiger partial charge in [0.05, 0.1) is 16.6 Å². The average molecular weight is 348 g/mol. The SMILES string of the molecule is Cc1cc(C)c(C(=O)N2CCC(c3nc4c(C)cccc4[nH]3)CC2)cn1. The van der Waals surface area contributed by atoms with Crippen molar-refractivity contribution in [2.24, 2.45) is 0 Å². The van der Waals surface area contributed by atoms with E-state index in [1.54, 1.807) is 6.20 Å². The van der Waals surface area contributed by atoms with Crippen LogP contribution in [0.15, 0.2) is 30.5 Å². The molecule has 0 atom stereocenters. The molecule has 1 aromatic carbocycles. The number of H-pyrrole nitrogens is 1. The Labute approximate surface area is 153 Å². The molecule has 1 fully saturated rings. The van der Waals surface area contributed by atoms with Crippen LogP contribution in [0.4, 0.5) is 0 Å². The fourth-order valence-corrected chi connectivity index (χ4v) is 3.83. The Morgan fingerprint density at radius 1 is 1.15 bits per heavy atom. The second kappa shape index (κ2) is 6.56. The monoisotopic (exact) mass is 348 g/mol. The van der Waals surface area contributed by atoms with Gasteiger partial charge in [-0.3, -0.25) is 9.78 Å². The summed E-state index contributed by atoms with van der Waals surface area (Å²) in [5, 5.41) is 0. The first-order chi connectivity index (χ1) is 12.5. The molecule has 0 radical (unpaired) electrons. The van der Waals surface area contributed by atoms with Crippen molar-refractivity contribution < 1.29 is 4.79 Å². The summed E-state index contributed by atoms with van der Waals surface area (Å²) in [5.41, 5.74) is 6.01. The molecule has 4 rings (SSSR count). The fraction of sp³-hybridized carbons (Fsp3) is 0.381. The number of aryl methyl sites for hydroxylation is 3. The summed E-state index contributed by atoms with van der Waals surface area (Å²) in [6, 6.07) is 8.19. The first-order valence-electron chi connectivity index (χ1n) is 9.20. The number of hydrogen-bond acceptors (Lipinski definition) is 3. The lowest BCUT2D eigenvalue weighted by atomic mass is 9.95. The molecule has 0 saturated carbocycles. The van der Waals surface area contributed by atoms with Crippen LogP contribution >= 0.6 is 0 Å². The number of likely N-dealkylation sites (tertiary alicyclic amines) is 1. The molecule has 5 nitrogen and oxygen atoms in total. The Kier molecular flexibility index (Phi) is 4.23. The van der Waals surface area contributed by atoms with Crippen molar-refractivity contribution in [2.75, 3.05) is 13.1 Å². The normalized spacial score (nSPS) is 15.6. The molecule has 0 aliphatic carbocycles. The number of imidazole rings is 1. The van der Waals surface area contributed by atoms with E-state index in [2.05, 4.69) is 35.1 Å². The quantitative estimate of drug-likeness (QED) is 0.764. The van der Waals surface area contributed by atoms with E-state index in [1.165, 1.54) is 5.56 Å². The average Bonchev–Trinajstić information content (AvgIpc) is 3.07. The van der Waals surface area contributed by atoms with Crippen LogP contribution in [-0.2, 0) is 0 Å². The Bertz CT molecular complexity index is 967. The number of benzene rings is 1. The Balaban J connectivity index is 1.48. The van der Waals surface area contributed by atoms with E-state index in [1.807, 2.05) is 24.8 Å². The van der Waals surface area contributed by atoms with E-state index in [-0.39, 0.29) is 5.91 Å². The molecule has 1 amide bonds. The van der Waals surface area contributed by atoms with Crippen LogP contribution in [0, 0.1) is 20.8 Å². The molecule has 134 valence electrons. The van der Waals surface area contributed by atoms with Gasteiger partial charge in [0.15, 0.2) is 0 Å². The predicted molar refractivity (Wildman–Crippen MR) is 102 cm³/mol. The molecule has 0 spiro atoms. The molecule has 0 bridgehead atoms. The van der Waals surface area contributed by atoms with Crippen molar-refractivity contribution in [1.82, 2.24) is 19.9 Å². The zero-order valence-electron chi connectivity index (χ0n) is 15.5. The third kappa shape index (κ3) is 2.98. The second-order valence-corrected chi connectivity index (χ2v) is 7.30. The smallest absolute Gasteiger partial charge is 0.255 e. The standard InChI is InChI=1S/C21H24N4O/c1-13-5-4-6-18-19(13)24-20(23-18)16-7-9-25(10-8-16)21(26)17-12-22-15(3)11-14(17)2/h4-6,11-12,16H,7-10H2,1-3H3,(H,23,24). The Hall–Kier alpha value is -2.69. The molecule has 1 aliphatic rings. The molecule has 1 saturated heterocycles. The summed E-state index contributed by atoms with van der Waals surface area (Å²) in [4.78, 5) is 27.4. The highest BCUT2D eigenvalue weighted by molar-refractivity contribution is 5.95. The largest absolute Gasteiger partial charge is 0.342 e. The van der Waals surface area contributed by atoms with Crippen molar-refractivity contribution in [3.05, 3.63) is 58.7 Å². The Morgan fingerprint density at radius 3 is 2.62 bits per heavy atom. The maximum absolute atomic E-state index is 12.8. The van der Waals surface area contributed by atoms with Gasteiger partial charge >= 0.3 is 0 Å². The number of pyridine rings is 1. The van der Waals surface area contributed by atoms with Gasteiger partial charge in [-0.05, 0) is 56.9 Å². The van der Waals surface area contributed by atoms with Crippen LogP contribution in [0.5, 0.6) is 0 Å². The number of piperidine rings is 1. The molecule has 3 heterocycles. The third-order valence-electron chi connectivity index (χ3n) is 5.38. The van der Waals surface area contributed by atoms with Gasteiger partial charge in [0.2, 0.25) is 0 Å². The highest BCUT2D eigenvalue weighted by Gasteiger charge is 2.27. The topological polar surface area (TPSA) is 61.9 Å². The van der Waals surface area contributed by atoms with Gasteiger partial charge in [-0.15, -0.1) is 0 Å². The van der Waals surface area contributed by atoms with Crippen LogP contribution in [-0.4, -0.2) is 38.8 Å². The van der Waals surface area contributed by atoms with Crippen molar-refractivity contribution in [1.29, 1.82) is 0 Å². The number of fused-ring (bicyclic) bond motifs is 1. The maximum Gasteiger partial charge on any atom is 0.255 e. The highest BCUT2D eigenvalue weighted by Crippen LogP contribution is 2.29. The number of nitrogens with one attached hydrogen (secondary N) is 1. The van der Waals surface area contributed by atoms with Gasteiger partial charge in [-0.1, -0.05) is 12.1 Å². The molecular formula is C21H24N4O. The van der Waals surface area contributed by atoms with Gasteiger partial charge < -0.3 is 9.88 Å². The van der Waals surface area contributed by atoms with E-state index >= 15 is 0 Å². The lowest BCUT2D eigenvalue weighted by molar-refractivity contribution is 0.0710. The molecular weight excluding hydrogens is 324 g/mol. The summed E-state index contributed by atoms with van der Waals surface area (Å²) in [7, 11) is 0. The van der Waals surface area contributed by atoms with Crippen LogP contribution in [0.3, 0.4) is 0 Å². The summed E-state index contributed by atoms with van der Waals surface area (Å²) < 4.78 is 0. The van der Waals surface area contributed by atoms with Gasteiger partial charge in [-0.2, -0.15) is 0 Å². The van der Waals surface area contributed by atoms with Gasteiger partial charge in [0, 0.05) is 30.9 Å². The summed E-state index contributed by atoms with van der Waals surface area (Å²) in [5.74, 6) is 1.52. The molecule has 0 unspecified atom stereocenters. The van der Waals surface area contributed by atoms with E-state index in [0.717, 1.165) is 54.0 Å². The summed E-state index contributed by atoms with van der Waals surface area (Å²) >= 11 is 0. The number of para-hydroxylation sites is 1. The van der Waals surface area contributed by atoms with Crippen LogP contribution in [0.1, 0.15) is 51.8 Å². The first kappa shape index (κ1) is 16.8. The van der Waals surface area contributed by atoms with Gasteiger partial charge in [0.25, 0.3) is 5.91 Å². The number of nitrogens with zero attached hydrogens (tertiary/aromatic N) is 3. The van der Waals surface area contributed by atoms with E-state index in [4.69, 9.17) is 4.98 Å². The number of hydrogen-bond donors (Lipinski definition) is 1. The van der Waals surface area contributed by atoms with Gasteiger partial charge in [0.1, 0.15) is 5.82 Å². The fourth-order valence-electron chi connectivity index (χ4n) is 3.83. The minimum Gasteiger partial charge on any atom is -0.342 e. The molecule has 3 aromatic rings. The summed E-state index contributed by atoms with van der Waals surface area (Å²) in [6.07, 6.45) is 3.58. The van der Waals surface area contributed by atoms with E-state index < -0.39 is 0 Å². The van der Waals surface area contributed by atoms with Crippen LogP contribution < -0.4 is 0 Å². The lowest BCUT2D eigenvalue weighted by Gasteiger charge is -2.31. The number of carbonyl (C=O) groups excluding carboxylic acids is 1. The molecule has 26 heavy (non-hydrogen) atoms. The Morgan fingerprint density at radius 2 is 1.92 bits per heavy atom. The van der Waals surface area contributed by atoms with Gasteiger partial charge in [-0.25, -0.2) is 4.98 Å². The van der Waals surface area contributed by atoms with E-state index in [9.17, 15) is 4.79 Å². The lowest BCUT2D eigenvalue weighted by Crippen LogP contribution is -2.38. The van der Waals surface area contributed by atoms with E-state index in [0.29, 0.717) is 11.5 Å². The number of amides is 1.